The van der Waals surface area contributed by atoms with Crippen molar-refractivity contribution < 1.29 is 4.39 Å². The van der Waals surface area contributed by atoms with Gasteiger partial charge in [0.1, 0.15) is 18.0 Å². The number of anilines is 2. The molecule has 0 saturated carbocycles. The van der Waals surface area contributed by atoms with Crippen molar-refractivity contribution in [1.82, 2.24) is 20.3 Å². The summed E-state index contributed by atoms with van der Waals surface area (Å²) >= 11 is 0. The molecule has 0 radical (unpaired) electrons. The Morgan fingerprint density at radius 1 is 1.17 bits per heavy atom. The lowest BCUT2D eigenvalue weighted by Crippen LogP contribution is -2.54. The molecule has 1 fully saturated rings. The lowest BCUT2D eigenvalue weighted by molar-refractivity contribution is 0.306. The Balaban J connectivity index is 1.78. The number of hydrogen-bond donors (Lipinski definition) is 2. The molecule has 3 aromatic rings. The van der Waals surface area contributed by atoms with Gasteiger partial charge in [-0.15, -0.1) is 0 Å². The van der Waals surface area contributed by atoms with Crippen LogP contribution in [0, 0.1) is 5.82 Å². The molecule has 1 saturated heterocycles. The summed E-state index contributed by atoms with van der Waals surface area (Å²) in [4.78, 5) is 12.5. The molecular weight excluding hydrogens is 293 g/mol. The number of benzene rings is 1. The molecule has 0 unspecified atom stereocenters. The topological polar surface area (TPSA) is 62.7 Å². The summed E-state index contributed by atoms with van der Waals surface area (Å²) in [5.74, 6) is 0.266. The molecule has 6 heteroatoms. The third kappa shape index (κ3) is 2.51. The summed E-state index contributed by atoms with van der Waals surface area (Å²) in [6, 6.07) is 7.63. The van der Waals surface area contributed by atoms with E-state index in [0.717, 1.165) is 24.0 Å². The summed E-state index contributed by atoms with van der Waals surface area (Å²) in [5.41, 5.74) is 2.80. The van der Waals surface area contributed by atoms with Crippen LogP contribution in [0.25, 0.3) is 10.9 Å². The highest BCUT2D eigenvalue weighted by atomic mass is 19.1. The van der Waals surface area contributed by atoms with Gasteiger partial charge in [0.15, 0.2) is 0 Å². The third-order valence-corrected chi connectivity index (χ3v) is 4.33. The molecule has 23 heavy (non-hydrogen) atoms. The summed E-state index contributed by atoms with van der Waals surface area (Å²) in [6.45, 7) is 4.16. The zero-order valence-electron chi connectivity index (χ0n) is 12.7. The number of fused-ring (bicyclic) bond motifs is 1. The van der Waals surface area contributed by atoms with Crippen LogP contribution in [-0.4, -0.2) is 28.0 Å². The van der Waals surface area contributed by atoms with Crippen LogP contribution >= 0.6 is 0 Å². The second-order valence-corrected chi connectivity index (χ2v) is 6.14. The molecule has 2 N–H and O–H groups in total. The van der Waals surface area contributed by atoms with E-state index in [0.29, 0.717) is 11.5 Å². The van der Waals surface area contributed by atoms with E-state index < -0.39 is 0 Å². The minimum atomic E-state index is -0.387. The predicted molar refractivity (Wildman–Crippen MR) is 87.2 cm³/mol. The fourth-order valence-electron chi connectivity index (χ4n) is 2.85. The Morgan fingerprint density at radius 3 is 2.78 bits per heavy atom. The maximum Gasteiger partial charge on any atom is 0.143 e. The first-order valence-electron chi connectivity index (χ1n) is 7.48. The minimum absolute atomic E-state index is 0.141. The van der Waals surface area contributed by atoms with Gasteiger partial charge in [-0.2, -0.15) is 0 Å². The summed E-state index contributed by atoms with van der Waals surface area (Å²) in [6.07, 6.45) is 4.24. The molecule has 1 aromatic carbocycles. The molecule has 0 spiro atoms. The molecule has 2 aromatic heterocycles. The zero-order chi connectivity index (χ0) is 15.9. The SMILES string of the molecule is CC1(c2ccc3ncnc(Nc4cncc(F)c4)c3c2)CNC1. The van der Waals surface area contributed by atoms with Crippen molar-refractivity contribution in [2.75, 3.05) is 18.4 Å². The second-order valence-electron chi connectivity index (χ2n) is 6.14. The molecule has 1 aliphatic rings. The van der Waals surface area contributed by atoms with Crippen LogP contribution in [0.5, 0.6) is 0 Å². The highest BCUT2D eigenvalue weighted by molar-refractivity contribution is 5.91. The van der Waals surface area contributed by atoms with Crippen molar-refractivity contribution in [1.29, 1.82) is 0 Å². The van der Waals surface area contributed by atoms with Crippen LogP contribution in [0.2, 0.25) is 0 Å². The fourth-order valence-corrected chi connectivity index (χ4v) is 2.85. The maximum atomic E-state index is 13.3. The van der Waals surface area contributed by atoms with Gasteiger partial charge in [0.05, 0.1) is 23.6 Å². The normalized spacial score (nSPS) is 16.1. The van der Waals surface area contributed by atoms with Crippen LogP contribution < -0.4 is 10.6 Å². The molecule has 5 nitrogen and oxygen atoms in total. The first-order valence-corrected chi connectivity index (χ1v) is 7.48. The van der Waals surface area contributed by atoms with Crippen LogP contribution in [0.1, 0.15) is 12.5 Å². The summed E-state index contributed by atoms with van der Waals surface area (Å²) < 4.78 is 13.3. The molecule has 0 atom stereocenters. The van der Waals surface area contributed by atoms with Gasteiger partial charge in [0.25, 0.3) is 0 Å². The Kier molecular flexibility index (Phi) is 3.20. The van der Waals surface area contributed by atoms with Gasteiger partial charge in [-0.3, -0.25) is 4.98 Å². The number of aromatic nitrogens is 3. The van der Waals surface area contributed by atoms with E-state index in [1.807, 2.05) is 6.07 Å². The first-order chi connectivity index (χ1) is 11.1. The molecule has 1 aliphatic heterocycles. The van der Waals surface area contributed by atoms with Crippen molar-refractivity contribution in [3.8, 4) is 0 Å². The predicted octanol–water partition coefficient (Wildman–Crippen LogP) is 2.77. The fraction of sp³-hybridized carbons (Fsp3) is 0.235. The molecule has 0 amide bonds. The number of pyridine rings is 1. The Bertz CT molecular complexity index is 876. The van der Waals surface area contributed by atoms with E-state index in [-0.39, 0.29) is 11.2 Å². The summed E-state index contributed by atoms with van der Waals surface area (Å²) in [5, 5.41) is 7.36. The number of rotatable bonds is 3. The van der Waals surface area contributed by atoms with E-state index in [9.17, 15) is 4.39 Å². The van der Waals surface area contributed by atoms with Crippen molar-refractivity contribution in [2.45, 2.75) is 12.3 Å². The number of nitrogens with one attached hydrogen (secondary N) is 2. The molecular formula is C17H16FN5. The molecule has 0 aliphatic carbocycles. The minimum Gasteiger partial charge on any atom is -0.338 e. The van der Waals surface area contributed by atoms with Gasteiger partial charge in [-0.1, -0.05) is 13.0 Å². The molecule has 3 heterocycles. The molecule has 4 rings (SSSR count). The van der Waals surface area contributed by atoms with Gasteiger partial charge in [0.2, 0.25) is 0 Å². The van der Waals surface area contributed by atoms with Gasteiger partial charge in [-0.25, -0.2) is 14.4 Å². The number of hydrogen-bond acceptors (Lipinski definition) is 5. The Hall–Kier alpha value is -2.60. The Labute approximate surface area is 133 Å². The average Bonchev–Trinajstić information content (AvgIpc) is 2.53. The Morgan fingerprint density at radius 2 is 2.04 bits per heavy atom. The van der Waals surface area contributed by atoms with Crippen LogP contribution in [0.3, 0.4) is 0 Å². The lowest BCUT2D eigenvalue weighted by atomic mass is 9.77. The number of nitrogens with zero attached hydrogens (tertiary/aromatic N) is 3. The highest BCUT2D eigenvalue weighted by Crippen LogP contribution is 2.32. The van der Waals surface area contributed by atoms with Crippen LogP contribution in [0.15, 0.2) is 43.0 Å². The van der Waals surface area contributed by atoms with Gasteiger partial charge in [-0.05, 0) is 17.7 Å². The van der Waals surface area contributed by atoms with Crippen LogP contribution in [0.4, 0.5) is 15.9 Å². The van der Waals surface area contributed by atoms with E-state index in [4.69, 9.17) is 0 Å². The van der Waals surface area contributed by atoms with Crippen molar-refractivity contribution >= 4 is 22.4 Å². The van der Waals surface area contributed by atoms with Gasteiger partial charge >= 0.3 is 0 Å². The number of halogens is 1. The smallest absolute Gasteiger partial charge is 0.143 e. The first kappa shape index (κ1) is 14.0. The van der Waals surface area contributed by atoms with Crippen molar-refractivity contribution in [3.63, 3.8) is 0 Å². The van der Waals surface area contributed by atoms with E-state index in [1.165, 1.54) is 24.2 Å². The standard InChI is InChI=1S/C17H16FN5/c1-17(8-20-9-17)11-2-3-15-14(4-11)16(22-10-21-15)23-13-5-12(18)6-19-7-13/h2-7,10,20H,8-9H2,1H3,(H,21,22,23). The average molecular weight is 309 g/mol. The largest absolute Gasteiger partial charge is 0.338 e. The third-order valence-electron chi connectivity index (χ3n) is 4.33. The van der Waals surface area contributed by atoms with Gasteiger partial charge < -0.3 is 10.6 Å². The monoisotopic (exact) mass is 309 g/mol. The van der Waals surface area contributed by atoms with E-state index >= 15 is 0 Å². The maximum absolute atomic E-state index is 13.3. The van der Waals surface area contributed by atoms with Gasteiger partial charge in [0, 0.05) is 30.0 Å². The lowest BCUT2D eigenvalue weighted by Gasteiger charge is -2.40. The van der Waals surface area contributed by atoms with E-state index in [2.05, 4.69) is 44.6 Å². The zero-order valence-corrected chi connectivity index (χ0v) is 12.7. The van der Waals surface area contributed by atoms with E-state index in [1.54, 1.807) is 6.20 Å². The van der Waals surface area contributed by atoms with Crippen molar-refractivity contribution in [3.05, 3.63) is 54.4 Å². The quantitative estimate of drug-likeness (QED) is 0.779. The van der Waals surface area contributed by atoms with Crippen molar-refractivity contribution in [2.24, 2.45) is 0 Å². The summed E-state index contributed by atoms with van der Waals surface area (Å²) in [7, 11) is 0. The molecule has 116 valence electrons. The molecule has 0 bridgehead atoms. The highest BCUT2D eigenvalue weighted by Gasteiger charge is 2.33. The van der Waals surface area contributed by atoms with Crippen LogP contribution in [-0.2, 0) is 5.41 Å². The second kappa shape index (κ2) is 5.24.